The van der Waals surface area contributed by atoms with Crippen molar-refractivity contribution in [1.29, 1.82) is 0 Å². The van der Waals surface area contributed by atoms with E-state index in [1.54, 1.807) is 19.0 Å². The smallest absolute Gasteiger partial charge is 0.379 e. The summed E-state index contributed by atoms with van der Waals surface area (Å²) in [6.45, 7) is 1.21. The number of nitrogens with one attached hydrogen (secondary N) is 1. The molecule has 1 aromatic rings. The highest BCUT2D eigenvalue weighted by Gasteiger charge is 2.35. The van der Waals surface area contributed by atoms with E-state index in [9.17, 15) is 27.5 Å². The van der Waals surface area contributed by atoms with Gasteiger partial charge in [0.2, 0.25) is 0 Å². The lowest BCUT2D eigenvalue weighted by Gasteiger charge is -2.25. The summed E-state index contributed by atoms with van der Waals surface area (Å²) in [6.07, 6.45) is -4.86. The molecule has 0 saturated heterocycles. The van der Waals surface area contributed by atoms with Crippen LogP contribution in [0.25, 0.3) is 0 Å². The summed E-state index contributed by atoms with van der Waals surface area (Å²) in [5.41, 5.74) is -3.52. The first kappa shape index (κ1) is 17.4. The molecule has 0 fully saturated rings. The molecule has 4 nitrogen and oxygen atoms in total. The third-order valence-electron chi connectivity index (χ3n) is 2.64. The average Bonchev–Trinajstić information content (AvgIpc) is 2.28. The SMILES string of the molecule is CN([11CH3])CC(C)(O)C(=O)Nc1ccc(F)c(C(F)(F)F)c1. The van der Waals surface area contributed by atoms with Crippen molar-refractivity contribution in [3.05, 3.63) is 29.6 Å². The predicted molar refractivity (Wildman–Crippen MR) is 69.2 cm³/mol. The number of benzene rings is 1. The third kappa shape index (κ3) is 4.68. The molecular formula is C13H16F4N2O2. The highest BCUT2D eigenvalue weighted by molar-refractivity contribution is 5.97. The van der Waals surface area contributed by atoms with E-state index in [1.165, 1.54) is 6.92 Å². The van der Waals surface area contributed by atoms with Crippen LogP contribution in [0.2, 0.25) is 0 Å². The molecular weight excluding hydrogens is 291 g/mol. The van der Waals surface area contributed by atoms with E-state index >= 15 is 0 Å². The van der Waals surface area contributed by atoms with Crippen LogP contribution in [0.1, 0.15) is 12.5 Å². The first-order chi connectivity index (χ1) is 9.43. The first-order valence-corrected chi connectivity index (χ1v) is 5.99. The number of carbonyl (C=O) groups is 1. The Morgan fingerprint density at radius 2 is 1.90 bits per heavy atom. The number of alkyl halides is 3. The third-order valence-corrected chi connectivity index (χ3v) is 2.64. The number of halogens is 4. The Hall–Kier alpha value is -1.67. The summed E-state index contributed by atoms with van der Waals surface area (Å²) in [5, 5.41) is 12.1. The Bertz CT molecular complexity index is 527. The molecule has 0 spiro atoms. The van der Waals surface area contributed by atoms with Gasteiger partial charge in [-0.15, -0.1) is 0 Å². The number of carbonyl (C=O) groups excluding carboxylic acids is 1. The van der Waals surface area contributed by atoms with Gasteiger partial charge < -0.3 is 15.3 Å². The molecule has 8 heteroatoms. The number of anilines is 1. The van der Waals surface area contributed by atoms with E-state index in [0.29, 0.717) is 12.1 Å². The Labute approximate surface area is 119 Å². The van der Waals surface area contributed by atoms with Crippen molar-refractivity contribution in [3.63, 3.8) is 0 Å². The number of aliphatic hydroxyl groups is 1. The minimum absolute atomic E-state index is 0.0217. The second-order valence-electron chi connectivity index (χ2n) is 5.16. The fraction of sp³-hybridized carbons (Fsp3) is 0.462. The number of nitrogens with zero attached hydrogens (tertiary/aromatic N) is 1. The lowest BCUT2D eigenvalue weighted by atomic mass is 10.0. The number of rotatable bonds is 4. The van der Waals surface area contributed by atoms with Gasteiger partial charge in [0.1, 0.15) is 5.82 Å². The summed E-state index contributed by atoms with van der Waals surface area (Å²) in [4.78, 5) is 13.4. The Kier molecular flexibility index (Phi) is 4.95. The predicted octanol–water partition coefficient (Wildman–Crippen LogP) is 2.10. The fourth-order valence-electron chi connectivity index (χ4n) is 1.77. The van der Waals surface area contributed by atoms with Crippen molar-refractivity contribution >= 4 is 11.6 Å². The maximum Gasteiger partial charge on any atom is 0.419 e. The van der Waals surface area contributed by atoms with Gasteiger partial charge in [-0.3, -0.25) is 4.79 Å². The molecule has 0 saturated carbocycles. The summed E-state index contributed by atoms with van der Waals surface area (Å²) < 4.78 is 50.8. The number of hydrogen-bond donors (Lipinski definition) is 2. The molecule has 0 aliphatic heterocycles. The largest absolute Gasteiger partial charge is 0.419 e. The van der Waals surface area contributed by atoms with Crippen molar-refractivity contribution < 1.29 is 27.5 Å². The fourth-order valence-corrected chi connectivity index (χ4v) is 1.77. The second-order valence-corrected chi connectivity index (χ2v) is 5.16. The van der Waals surface area contributed by atoms with Gasteiger partial charge in [0.25, 0.3) is 5.91 Å². The van der Waals surface area contributed by atoms with Crippen LogP contribution in [0.4, 0.5) is 23.2 Å². The quantitative estimate of drug-likeness (QED) is 0.838. The van der Waals surface area contributed by atoms with Gasteiger partial charge in [-0.2, -0.15) is 13.2 Å². The van der Waals surface area contributed by atoms with Crippen LogP contribution in [-0.4, -0.2) is 42.2 Å². The molecule has 0 heterocycles. The van der Waals surface area contributed by atoms with Crippen molar-refractivity contribution in [1.82, 2.24) is 4.90 Å². The molecule has 1 rings (SSSR count). The van der Waals surface area contributed by atoms with Crippen LogP contribution in [0.5, 0.6) is 0 Å². The maximum atomic E-state index is 13.1. The molecule has 0 radical (unpaired) electrons. The standard InChI is InChI=1S/C13H16F4N2O2/c1-12(21,7-19(2)3)11(20)18-8-4-5-10(14)9(6-8)13(15,16)17/h4-6,21H,7H2,1-3H3,(H,18,20)/i2-1. The topological polar surface area (TPSA) is 52.6 Å². The van der Waals surface area contributed by atoms with E-state index in [-0.39, 0.29) is 12.2 Å². The van der Waals surface area contributed by atoms with Crippen molar-refractivity contribution in [3.8, 4) is 0 Å². The van der Waals surface area contributed by atoms with Crippen LogP contribution in [0.15, 0.2) is 18.2 Å². The van der Waals surface area contributed by atoms with Gasteiger partial charge in [0, 0.05) is 12.2 Å². The highest BCUT2D eigenvalue weighted by Crippen LogP contribution is 2.33. The van der Waals surface area contributed by atoms with Gasteiger partial charge in [-0.1, -0.05) is 0 Å². The Morgan fingerprint density at radius 3 is 2.38 bits per heavy atom. The van der Waals surface area contributed by atoms with Crippen molar-refractivity contribution in [2.75, 3.05) is 26.0 Å². The first-order valence-electron chi connectivity index (χ1n) is 5.99. The minimum Gasteiger partial charge on any atom is -0.379 e. The normalized spacial score (nSPS) is 14.9. The molecule has 1 aromatic carbocycles. The van der Waals surface area contributed by atoms with Gasteiger partial charge >= 0.3 is 6.18 Å². The summed E-state index contributed by atoms with van der Waals surface area (Å²) in [6, 6.07) is 2.09. The average molecular weight is 307 g/mol. The molecule has 21 heavy (non-hydrogen) atoms. The highest BCUT2D eigenvalue weighted by atomic mass is 19.4. The number of likely N-dealkylation sites (N-methyl/N-ethyl adjacent to an activating group) is 1. The lowest BCUT2D eigenvalue weighted by molar-refractivity contribution is -0.140. The lowest BCUT2D eigenvalue weighted by Crippen LogP contribution is -2.47. The molecule has 1 amide bonds. The van der Waals surface area contributed by atoms with Gasteiger partial charge in [-0.05, 0) is 39.2 Å². The van der Waals surface area contributed by atoms with E-state index in [2.05, 4.69) is 5.32 Å². The summed E-state index contributed by atoms with van der Waals surface area (Å²) in [7, 11) is 3.25. The molecule has 118 valence electrons. The van der Waals surface area contributed by atoms with Crippen molar-refractivity contribution in [2.24, 2.45) is 0 Å². The molecule has 0 aliphatic carbocycles. The zero-order valence-corrected chi connectivity index (χ0v) is 11.8. The molecule has 1 unspecified atom stereocenters. The van der Waals surface area contributed by atoms with E-state index in [1.807, 2.05) is 0 Å². The molecule has 0 aliphatic rings. The molecule has 1 atom stereocenters. The zero-order chi connectivity index (χ0) is 16.4. The van der Waals surface area contributed by atoms with E-state index in [0.717, 1.165) is 6.07 Å². The van der Waals surface area contributed by atoms with Crippen LogP contribution in [-0.2, 0) is 11.0 Å². The zero-order valence-electron chi connectivity index (χ0n) is 11.8. The molecule has 0 bridgehead atoms. The number of hydrogen-bond acceptors (Lipinski definition) is 3. The monoisotopic (exact) mass is 307 g/mol. The van der Waals surface area contributed by atoms with Gasteiger partial charge in [0.05, 0.1) is 5.56 Å². The van der Waals surface area contributed by atoms with E-state index < -0.39 is 29.1 Å². The van der Waals surface area contributed by atoms with Crippen LogP contribution >= 0.6 is 0 Å². The minimum atomic E-state index is -4.86. The second kappa shape index (κ2) is 5.98. The van der Waals surface area contributed by atoms with Gasteiger partial charge in [-0.25, -0.2) is 4.39 Å². The number of amides is 1. The van der Waals surface area contributed by atoms with E-state index in [4.69, 9.17) is 0 Å². The summed E-state index contributed by atoms with van der Waals surface area (Å²) >= 11 is 0. The van der Waals surface area contributed by atoms with Crippen LogP contribution in [0.3, 0.4) is 0 Å². The van der Waals surface area contributed by atoms with Gasteiger partial charge in [0.15, 0.2) is 5.60 Å². The van der Waals surface area contributed by atoms with Crippen LogP contribution in [0, 0.1) is 5.82 Å². The Morgan fingerprint density at radius 1 is 1.33 bits per heavy atom. The van der Waals surface area contributed by atoms with Crippen molar-refractivity contribution in [2.45, 2.75) is 18.7 Å². The summed E-state index contributed by atoms with van der Waals surface area (Å²) in [5.74, 6) is -2.31. The van der Waals surface area contributed by atoms with Crippen LogP contribution < -0.4 is 5.32 Å². The molecule has 0 aromatic heterocycles. The Balaban J connectivity index is 2.97. The molecule has 2 N–H and O–H groups in total. The maximum absolute atomic E-state index is 13.1.